The summed E-state index contributed by atoms with van der Waals surface area (Å²) in [6.45, 7) is 10.9. The van der Waals surface area contributed by atoms with E-state index in [1.54, 1.807) is 0 Å². The van der Waals surface area contributed by atoms with Crippen LogP contribution in [0.4, 0.5) is 0 Å². The average Bonchev–Trinajstić information content (AvgIpc) is 2.76. The third kappa shape index (κ3) is 22.6. The zero-order chi connectivity index (χ0) is 22.9. The highest BCUT2D eigenvalue weighted by Gasteiger charge is 2.26. The summed E-state index contributed by atoms with van der Waals surface area (Å²) < 4.78 is 29.6. The maximum atomic E-state index is 12.9. The van der Waals surface area contributed by atoms with Crippen molar-refractivity contribution in [2.24, 2.45) is 0 Å². The van der Waals surface area contributed by atoms with E-state index in [-0.39, 0.29) is 0 Å². The second-order valence-electron chi connectivity index (χ2n) is 8.40. The Morgan fingerprint density at radius 1 is 0.548 bits per heavy atom. The maximum absolute atomic E-state index is 12.9. The van der Waals surface area contributed by atoms with Crippen molar-refractivity contribution < 1.29 is 18.1 Å². The van der Waals surface area contributed by atoms with Gasteiger partial charge in [0.2, 0.25) is 0 Å². The molecule has 184 valence electrons. The minimum absolute atomic E-state index is 0.434. The summed E-state index contributed by atoms with van der Waals surface area (Å²) in [7, 11) is -3.42. The lowest BCUT2D eigenvalue weighted by atomic mass is 10.1. The monoisotopic (exact) mass is 458 g/mol. The highest BCUT2D eigenvalue weighted by molar-refractivity contribution is 7.48. The predicted octanol–water partition coefficient (Wildman–Crippen LogP) is 9.56. The second kappa shape index (κ2) is 24.2. The maximum Gasteiger partial charge on any atom is 0.474 e. The lowest BCUT2D eigenvalue weighted by molar-refractivity contribution is 0.109. The minimum atomic E-state index is -3.42. The molecule has 0 aromatic heterocycles. The lowest BCUT2D eigenvalue weighted by Crippen LogP contribution is -2.04. The van der Waals surface area contributed by atoms with Gasteiger partial charge in [0.1, 0.15) is 0 Å². The Hall–Kier alpha value is -0.410. The van der Waals surface area contributed by atoms with Crippen LogP contribution in [0.25, 0.3) is 0 Å². The summed E-state index contributed by atoms with van der Waals surface area (Å²) in [6, 6.07) is 0. The number of hydrogen-bond donors (Lipinski definition) is 0. The van der Waals surface area contributed by atoms with Crippen LogP contribution in [-0.4, -0.2) is 19.8 Å². The second-order valence-corrected chi connectivity index (χ2v) is 10.1. The molecule has 0 heterocycles. The summed E-state index contributed by atoms with van der Waals surface area (Å²) >= 11 is 0. The first-order valence-electron chi connectivity index (χ1n) is 12.9. The van der Waals surface area contributed by atoms with Gasteiger partial charge in [-0.3, -0.25) is 13.6 Å². The molecule has 5 heteroatoms. The summed E-state index contributed by atoms with van der Waals surface area (Å²) in [5.41, 5.74) is 0. The van der Waals surface area contributed by atoms with E-state index in [4.69, 9.17) is 13.6 Å². The zero-order valence-electron chi connectivity index (χ0n) is 20.5. The Morgan fingerprint density at radius 2 is 0.871 bits per heavy atom. The number of allylic oxidation sites excluding steroid dienone is 2. The summed E-state index contributed by atoms with van der Waals surface area (Å²) in [6.07, 6.45) is 24.7. The molecule has 0 atom stereocenters. The fourth-order valence-electron chi connectivity index (χ4n) is 3.33. The van der Waals surface area contributed by atoms with Crippen molar-refractivity contribution in [3.05, 3.63) is 25.3 Å². The molecule has 31 heavy (non-hydrogen) atoms. The van der Waals surface area contributed by atoms with Crippen molar-refractivity contribution in [1.82, 2.24) is 0 Å². The highest BCUT2D eigenvalue weighted by atomic mass is 31.2. The van der Waals surface area contributed by atoms with Gasteiger partial charge in [-0.2, -0.15) is 0 Å². The van der Waals surface area contributed by atoms with Crippen molar-refractivity contribution in [3.8, 4) is 0 Å². The quantitative estimate of drug-likeness (QED) is 0.0735. The Kier molecular flexibility index (Phi) is 23.9. The molecule has 0 saturated heterocycles. The summed E-state index contributed by atoms with van der Waals surface area (Å²) in [5.74, 6) is 0. The third-order valence-electron chi connectivity index (χ3n) is 5.35. The van der Waals surface area contributed by atoms with Gasteiger partial charge < -0.3 is 0 Å². The van der Waals surface area contributed by atoms with E-state index in [0.29, 0.717) is 19.8 Å². The van der Waals surface area contributed by atoms with Gasteiger partial charge in [-0.25, -0.2) is 4.57 Å². The topological polar surface area (TPSA) is 44.8 Å². The Morgan fingerprint density at radius 3 is 1.23 bits per heavy atom. The van der Waals surface area contributed by atoms with Gasteiger partial charge in [0, 0.05) is 0 Å². The Labute approximate surface area is 193 Å². The van der Waals surface area contributed by atoms with Crippen LogP contribution in [0.2, 0.25) is 0 Å². The molecule has 0 aliphatic heterocycles. The van der Waals surface area contributed by atoms with Gasteiger partial charge in [-0.1, -0.05) is 89.7 Å². The number of phosphoric acid groups is 1. The summed E-state index contributed by atoms with van der Waals surface area (Å²) in [5, 5.41) is 0. The number of phosphoric ester groups is 1. The minimum Gasteiger partial charge on any atom is -0.287 e. The Bertz CT molecular complexity index is 407. The molecule has 0 N–H and O–H groups in total. The smallest absolute Gasteiger partial charge is 0.287 e. The average molecular weight is 459 g/mol. The standard InChI is InChI=1S/C26H51O4P/c1-4-7-10-12-14-16-18-20-22-25-29-31(27,28-24-9-6-3)30-26-23-21-19-17-15-13-11-8-5-2/h4-5H,1-2,6-26H2,3H3. The van der Waals surface area contributed by atoms with Crippen molar-refractivity contribution in [3.63, 3.8) is 0 Å². The van der Waals surface area contributed by atoms with Crippen LogP contribution in [0.3, 0.4) is 0 Å². The molecule has 0 amide bonds. The highest BCUT2D eigenvalue weighted by Crippen LogP contribution is 2.49. The van der Waals surface area contributed by atoms with Crippen LogP contribution in [0, 0.1) is 0 Å². The molecule has 0 bridgehead atoms. The van der Waals surface area contributed by atoms with Crippen LogP contribution < -0.4 is 0 Å². The van der Waals surface area contributed by atoms with E-state index in [9.17, 15) is 4.57 Å². The molecule has 0 aromatic rings. The fraction of sp³-hybridized carbons (Fsp3) is 0.846. The Balaban J connectivity index is 3.85. The van der Waals surface area contributed by atoms with Crippen molar-refractivity contribution in [2.75, 3.05) is 19.8 Å². The molecule has 0 saturated carbocycles. The van der Waals surface area contributed by atoms with Gasteiger partial charge in [0.25, 0.3) is 0 Å². The molecule has 4 nitrogen and oxygen atoms in total. The summed E-state index contributed by atoms with van der Waals surface area (Å²) in [4.78, 5) is 0. The van der Waals surface area contributed by atoms with E-state index < -0.39 is 7.82 Å². The van der Waals surface area contributed by atoms with Crippen LogP contribution >= 0.6 is 7.82 Å². The number of rotatable bonds is 26. The van der Waals surface area contributed by atoms with E-state index in [2.05, 4.69) is 20.1 Å². The van der Waals surface area contributed by atoms with Gasteiger partial charge in [0.15, 0.2) is 0 Å². The molecule has 0 aliphatic carbocycles. The van der Waals surface area contributed by atoms with E-state index in [1.165, 1.54) is 64.2 Å². The van der Waals surface area contributed by atoms with Crippen molar-refractivity contribution in [2.45, 2.75) is 122 Å². The van der Waals surface area contributed by atoms with Gasteiger partial charge >= 0.3 is 7.82 Å². The molecule has 0 unspecified atom stereocenters. The lowest BCUT2D eigenvalue weighted by Gasteiger charge is -2.18. The van der Waals surface area contributed by atoms with E-state index in [0.717, 1.165) is 51.4 Å². The SMILES string of the molecule is C=CCCCCCCCCCOP(=O)(OCCCC)OCCCCCCCCCC=C. The number of unbranched alkanes of at least 4 members (excludes halogenated alkanes) is 15. The molecule has 0 spiro atoms. The van der Waals surface area contributed by atoms with Crippen LogP contribution in [0.5, 0.6) is 0 Å². The molecule has 0 aliphatic rings. The first-order valence-corrected chi connectivity index (χ1v) is 14.4. The van der Waals surface area contributed by atoms with Crippen LogP contribution in [0.15, 0.2) is 25.3 Å². The zero-order valence-corrected chi connectivity index (χ0v) is 21.4. The predicted molar refractivity (Wildman–Crippen MR) is 135 cm³/mol. The van der Waals surface area contributed by atoms with Crippen LogP contribution in [-0.2, 0) is 18.1 Å². The van der Waals surface area contributed by atoms with Gasteiger partial charge in [-0.15, -0.1) is 13.2 Å². The van der Waals surface area contributed by atoms with Crippen LogP contribution in [0.1, 0.15) is 122 Å². The number of hydrogen-bond acceptors (Lipinski definition) is 4. The van der Waals surface area contributed by atoms with Gasteiger partial charge in [0.05, 0.1) is 19.8 Å². The third-order valence-corrected chi connectivity index (χ3v) is 6.85. The molecule has 0 aromatic carbocycles. The molecule has 0 radical (unpaired) electrons. The van der Waals surface area contributed by atoms with E-state index >= 15 is 0 Å². The molecule has 0 fully saturated rings. The molecular formula is C26H51O4P. The first kappa shape index (κ1) is 30.6. The first-order chi connectivity index (χ1) is 15.2. The molecular weight excluding hydrogens is 407 g/mol. The van der Waals surface area contributed by atoms with Crippen molar-refractivity contribution >= 4 is 7.82 Å². The molecule has 0 rings (SSSR count). The normalized spacial score (nSPS) is 11.6. The van der Waals surface area contributed by atoms with Gasteiger partial charge in [-0.05, 0) is 44.9 Å². The fourth-order valence-corrected chi connectivity index (χ4v) is 4.62. The van der Waals surface area contributed by atoms with Crippen molar-refractivity contribution in [1.29, 1.82) is 0 Å². The largest absolute Gasteiger partial charge is 0.474 e. The van der Waals surface area contributed by atoms with E-state index in [1.807, 2.05) is 12.2 Å².